The van der Waals surface area contributed by atoms with Crippen molar-refractivity contribution in [3.8, 4) is 51.0 Å². The molecule has 0 unspecified atom stereocenters. The molecule has 0 spiro atoms. The van der Waals surface area contributed by atoms with E-state index in [-0.39, 0.29) is 27.0 Å². The van der Waals surface area contributed by atoms with Crippen LogP contribution in [0.1, 0.15) is 5.56 Å². The van der Waals surface area contributed by atoms with Gasteiger partial charge in [-0.1, -0.05) is 36.4 Å². The second kappa shape index (κ2) is 21.3. The first-order valence-corrected chi connectivity index (χ1v) is 26.1. The summed E-state index contributed by atoms with van der Waals surface area (Å²) in [6, 6.07) is 20.6. The average Bonchev–Trinajstić information content (AvgIpc) is 4.14. The summed E-state index contributed by atoms with van der Waals surface area (Å²) in [6.45, 7) is 0. The van der Waals surface area contributed by atoms with Gasteiger partial charge in [0.15, 0.2) is 22.3 Å². The highest BCUT2D eigenvalue weighted by Gasteiger charge is 2.52. The van der Waals surface area contributed by atoms with E-state index in [0.717, 1.165) is 78.8 Å². The Bertz CT molecular complexity index is 3480. The largest absolute Gasteiger partial charge is 0.573 e. The van der Waals surface area contributed by atoms with Gasteiger partial charge >= 0.3 is 57.5 Å². The highest BCUT2D eigenvalue weighted by molar-refractivity contribution is 8.01. The predicted octanol–water partition coefficient (Wildman–Crippen LogP) is 13.7. The lowest BCUT2D eigenvalue weighted by atomic mass is 9.80. The molecule has 9 rings (SSSR count). The Labute approximate surface area is 432 Å². The summed E-state index contributed by atoms with van der Waals surface area (Å²) < 4.78 is 253. The molecule has 0 amide bonds. The third-order valence-electron chi connectivity index (χ3n) is 9.62. The zero-order valence-corrected chi connectivity index (χ0v) is 41.1. The SMILES string of the molecule is FC(F)(F)Oc1ccc(-c2c3ccsc3c(-c3ccc(OC(F)(F)F)cc3)c3ccsc23)cc1.O=S(=O)(Oc1c2c(c(OS(=O)(=O)C(F)(F)F)c3sccc13)C=[C+]S2)C(F)(F)F.OB(O)c1ccc(OC(F)(F)F)cc1. The minimum atomic E-state index is -6.10. The molecule has 4 heterocycles. The maximum atomic E-state index is 12.7. The number of hydrogen-bond donors (Lipinski definition) is 2. The van der Waals surface area contributed by atoms with Crippen molar-refractivity contribution in [2.24, 2.45) is 0 Å². The van der Waals surface area contributed by atoms with Gasteiger partial charge in [0.05, 0.1) is 0 Å². The predicted molar refractivity (Wildman–Crippen MR) is 251 cm³/mol. The average molecular weight is 1200 g/mol. The Balaban J connectivity index is 0.000000180. The van der Waals surface area contributed by atoms with E-state index in [1.165, 1.54) is 52.3 Å². The molecule has 0 aliphatic carbocycles. The summed E-state index contributed by atoms with van der Waals surface area (Å²) in [5.41, 5.74) is -8.65. The molecular formula is C43H21BF15O11S6+. The van der Waals surface area contributed by atoms with Crippen molar-refractivity contribution in [1.82, 2.24) is 0 Å². The number of rotatable bonds is 10. The lowest BCUT2D eigenvalue weighted by Gasteiger charge is -2.14. The normalized spacial score (nSPS) is 13.1. The highest BCUT2D eigenvalue weighted by Crippen LogP contribution is 2.53. The van der Waals surface area contributed by atoms with Gasteiger partial charge in [-0.05, 0) is 87.3 Å². The topological polar surface area (TPSA) is 155 Å². The molecule has 0 saturated heterocycles. The van der Waals surface area contributed by atoms with Gasteiger partial charge in [-0.15, -0.1) is 73.5 Å². The van der Waals surface area contributed by atoms with E-state index >= 15 is 0 Å². The highest BCUT2D eigenvalue weighted by atomic mass is 32.2. The number of alkyl halides is 15. The quantitative estimate of drug-likeness (QED) is 0.0440. The maximum absolute atomic E-state index is 12.7. The Morgan fingerprint density at radius 3 is 1.18 bits per heavy atom. The Hall–Kier alpha value is -6.19. The third-order valence-corrected chi connectivity index (χ3v) is 15.1. The fraction of sp³-hybridized carbons (Fsp3) is 0.116. The summed E-state index contributed by atoms with van der Waals surface area (Å²) in [4.78, 5) is -0.397. The van der Waals surface area contributed by atoms with Crippen LogP contribution in [0.3, 0.4) is 0 Å². The van der Waals surface area contributed by atoms with E-state index in [2.05, 4.69) is 28.0 Å². The molecule has 2 N–H and O–H groups in total. The second-order valence-corrected chi connectivity index (χ2v) is 21.3. The van der Waals surface area contributed by atoms with Crippen LogP contribution in [0.15, 0.2) is 112 Å². The number of hydrogen-bond acceptors (Lipinski definition) is 15. The molecule has 0 radical (unpaired) electrons. The molecule has 1 aliphatic rings. The lowest BCUT2D eigenvalue weighted by Crippen LogP contribution is -2.29. The monoisotopic (exact) mass is 1200 g/mol. The van der Waals surface area contributed by atoms with Crippen molar-refractivity contribution in [2.75, 3.05) is 0 Å². The van der Waals surface area contributed by atoms with Crippen LogP contribution in [0.2, 0.25) is 0 Å². The molecule has 0 fully saturated rings. The fourth-order valence-electron chi connectivity index (χ4n) is 6.70. The molecular weight excluding hydrogens is 1180 g/mol. The first kappa shape index (κ1) is 57.5. The van der Waals surface area contributed by atoms with Crippen LogP contribution >= 0.6 is 45.8 Å². The van der Waals surface area contributed by atoms with Crippen LogP contribution in [0.5, 0.6) is 28.7 Å². The molecule has 3 aromatic heterocycles. The Kier molecular flexibility index (Phi) is 16.1. The van der Waals surface area contributed by atoms with Crippen LogP contribution in [-0.2, 0) is 20.2 Å². The Morgan fingerprint density at radius 2 is 0.816 bits per heavy atom. The van der Waals surface area contributed by atoms with Crippen LogP contribution < -0.4 is 28.0 Å². The van der Waals surface area contributed by atoms with Crippen molar-refractivity contribution in [1.29, 1.82) is 0 Å². The summed E-state index contributed by atoms with van der Waals surface area (Å²) >= 11 is 4.07. The molecule has 0 bridgehead atoms. The van der Waals surface area contributed by atoms with Gasteiger partial charge < -0.3 is 32.6 Å². The van der Waals surface area contributed by atoms with Crippen molar-refractivity contribution >= 4 is 115 Å². The molecule has 8 aromatic rings. The van der Waals surface area contributed by atoms with Gasteiger partial charge in [0.1, 0.15) is 39.1 Å². The molecule has 0 saturated carbocycles. The number of thiophene rings is 3. The minimum Gasteiger partial charge on any atom is -0.423 e. The zero-order valence-electron chi connectivity index (χ0n) is 36.2. The number of fused-ring (bicyclic) bond motifs is 4. The van der Waals surface area contributed by atoms with Crippen LogP contribution in [0.4, 0.5) is 65.9 Å². The standard InChI is InChI=1S/C24H12F6O2S2.C12H3F6O6S4.C7H6BF3O3/c25-23(26,27)31-15-5-1-13(2-6-15)19-17-9-11-34-22(17)20(18-10-12-33-21(18)19)14-3-7-16(8-4-14)32-24(28,29)30;13-11(14,15)27(19,20)23-7-5-1-3-25-9(5)8(6-2-4-26-10(6)7)24-28(21,22)12(16,17)18;9-7(10,11)14-6-3-1-5(2-4-6)8(12)13/h1-12H;1-3H;1-4,12-13H/q;+1;. The first-order valence-electron chi connectivity index (χ1n) is 19.8. The second-order valence-electron chi connectivity index (χ2n) is 14.6. The van der Waals surface area contributed by atoms with Crippen molar-refractivity contribution in [3.05, 3.63) is 118 Å². The molecule has 76 heavy (non-hydrogen) atoms. The number of halogens is 15. The van der Waals surface area contributed by atoms with Gasteiger partial charge in [0.25, 0.3) is 5.75 Å². The van der Waals surface area contributed by atoms with E-state index in [9.17, 15) is 82.7 Å². The third kappa shape index (κ3) is 13.3. The van der Waals surface area contributed by atoms with Crippen LogP contribution in [0.25, 0.3) is 58.6 Å². The van der Waals surface area contributed by atoms with Gasteiger partial charge in [-0.25, -0.2) is 0 Å². The molecule has 11 nitrogen and oxygen atoms in total. The Morgan fingerprint density at radius 1 is 0.461 bits per heavy atom. The summed E-state index contributed by atoms with van der Waals surface area (Å²) in [6.07, 6.45) is -13.3. The molecule has 33 heteroatoms. The van der Waals surface area contributed by atoms with Crippen LogP contribution in [0, 0.1) is 5.41 Å². The summed E-state index contributed by atoms with van der Waals surface area (Å²) in [7, 11) is -13.9. The summed E-state index contributed by atoms with van der Waals surface area (Å²) in [5.74, 6) is -2.67. The number of ether oxygens (including phenoxy) is 3. The van der Waals surface area contributed by atoms with E-state index in [0.29, 0.717) is 23.1 Å². The maximum Gasteiger partial charge on any atom is 0.573 e. The molecule has 5 aromatic carbocycles. The van der Waals surface area contributed by atoms with E-state index < -0.39 is 85.2 Å². The number of benzene rings is 5. The van der Waals surface area contributed by atoms with E-state index in [1.54, 1.807) is 24.3 Å². The fourth-order valence-corrected chi connectivity index (χ4v) is 11.4. The molecule has 402 valence electrons. The van der Waals surface area contributed by atoms with Crippen LogP contribution in [-0.4, -0.2) is 64.1 Å². The van der Waals surface area contributed by atoms with E-state index in [1.807, 2.05) is 22.9 Å². The van der Waals surface area contributed by atoms with Crippen molar-refractivity contribution in [3.63, 3.8) is 0 Å². The smallest absolute Gasteiger partial charge is 0.423 e. The van der Waals surface area contributed by atoms with Gasteiger partial charge in [-0.2, -0.15) is 43.2 Å². The van der Waals surface area contributed by atoms with Gasteiger partial charge in [-0.3, -0.25) is 0 Å². The van der Waals surface area contributed by atoms with E-state index in [4.69, 9.17) is 10.0 Å². The van der Waals surface area contributed by atoms with Crippen molar-refractivity contribution in [2.45, 2.75) is 35.0 Å². The lowest BCUT2D eigenvalue weighted by molar-refractivity contribution is -0.275. The zero-order chi connectivity index (χ0) is 56.0. The summed E-state index contributed by atoms with van der Waals surface area (Å²) in [5, 5.41) is 26.1. The van der Waals surface area contributed by atoms with Crippen molar-refractivity contribution < 1.29 is 115 Å². The number of thioether (sulfide) groups is 1. The molecule has 1 aliphatic heterocycles. The first-order chi connectivity index (χ1) is 35.1. The van der Waals surface area contributed by atoms with Gasteiger partial charge in [0.2, 0.25) is 0 Å². The minimum absolute atomic E-state index is 0.0968. The van der Waals surface area contributed by atoms with Gasteiger partial charge in [0, 0.05) is 36.7 Å². The molecule has 0 atom stereocenters.